The molecule has 6 nitrogen and oxygen atoms in total. The quantitative estimate of drug-likeness (QED) is 0.645. The number of hydrazine groups is 1. The second-order valence-corrected chi connectivity index (χ2v) is 7.05. The van der Waals surface area contributed by atoms with Gasteiger partial charge in [-0.1, -0.05) is 25.4 Å². The summed E-state index contributed by atoms with van der Waals surface area (Å²) in [6, 6.07) is 10.3. The molecule has 2 aromatic rings. The molecule has 2 rings (SSSR count). The maximum atomic E-state index is 12.9. The first-order chi connectivity index (χ1) is 13.3. The topological polar surface area (TPSA) is 87.3 Å². The number of hydrogen-bond acceptors (Lipinski definition) is 3. The number of carbonyl (C=O) groups excluding carboxylic acids is 3. The molecule has 0 aliphatic carbocycles. The number of halogens is 2. The van der Waals surface area contributed by atoms with Gasteiger partial charge in [0, 0.05) is 16.1 Å². The Labute approximate surface area is 167 Å². The second-order valence-electron chi connectivity index (χ2n) is 6.61. The molecule has 0 unspecified atom stereocenters. The molecule has 0 bridgehead atoms. The van der Waals surface area contributed by atoms with Crippen LogP contribution in [0.4, 0.5) is 4.39 Å². The molecule has 8 heteroatoms. The normalized spacial score (nSPS) is 11.6. The molecular formula is C20H21ClFN3O3. The van der Waals surface area contributed by atoms with Crippen molar-refractivity contribution in [3.05, 3.63) is 70.5 Å². The van der Waals surface area contributed by atoms with Crippen molar-refractivity contribution in [1.82, 2.24) is 16.2 Å². The fraction of sp³-hybridized carbons (Fsp3) is 0.250. The first-order valence-electron chi connectivity index (χ1n) is 8.68. The van der Waals surface area contributed by atoms with Crippen molar-refractivity contribution < 1.29 is 18.8 Å². The summed E-state index contributed by atoms with van der Waals surface area (Å²) in [5.74, 6) is -1.94. The summed E-state index contributed by atoms with van der Waals surface area (Å²) >= 11 is 5.81. The number of hydrogen-bond donors (Lipinski definition) is 3. The van der Waals surface area contributed by atoms with E-state index in [1.54, 1.807) is 24.3 Å². The van der Waals surface area contributed by atoms with Crippen LogP contribution in [0.25, 0.3) is 0 Å². The fourth-order valence-electron chi connectivity index (χ4n) is 2.42. The smallest absolute Gasteiger partial charge is 0.269 e. The van der Waals surface area contributed by atoms with Gasteiger partial charge in [0.15, 0.2) is 0 Å². The zero-order valence-corrected chi connectivity index (χ0v) is 16.2. The van der Waals surface area contributed by atoms with Crippen LogP contribution in [0.1, 0.15) is 41.0 Å². The van der Waals surface area contributed by atoms with E-state index in [0.29, 0.717) is 17.0 Å². The zero-order valence-electron chi connectivity index (χ0n) is 15.5. The van der Waals surface area contributed by atoms with Crippen LogP contribution in [0.15, 0.2) is 48.5 Å². The molecule has 2 aromatic carbocycles. The van der Waals surface area contributed by atoms with Gasteiger partial charge in [0.05, 0.1) is 0 Å². The molecule has 0 aliphatic rings. The minimum Gasteiger partial charge on any atom is -0.340 e. The van der Waals surface area contributed by atoms with Gasteiger partial charge in [-0.25, -0.2) is 4.39 Å². The summed E-state index contributed by atoms with van der Waals surface area (Å²) in [6.45, 7) is 3.82. The molecule has 148 valence electrons. The van der Waals surface area contributed by atoms with Crippen molar-refractivity contribution in [3.8, 4) is 0 Å². The highest BCUT2D eigenvalue weighted by Crippen LogP contribution is 2.11. The maximum Gasteiger partial charge on any atom is 0.269 e. The van der Waals surface area contributed by atoms with Crippen molar-refractivity contribution in [2.24, 2.45) is 5.92 Å². The molecule has 0 heterocycles. The molecule has 0 aliphatic heterocycles. The van der Waals surface area contributed by atoms with Crippen molar-refractivity contribution >= 4 is 29.3 Å². The van der Waals surface area contributed by atoms with Crippen LogP contribution >= 0.6 is 11.6 Å². The van der Waals surface area contributed by atoms with Crippen LogP contribution in [-0.2, 0) is 4.79 Å². The van der Waals surface area contributed by atoms with E-state index in [-0.39, 0.29) is 11.5 Å². The summed E-state index contributed by atoms with van der Waals surface area (Å²) in [5, 5.41) is 3.16. The van der Waals surface area contributed by atoms with Gasteiger partial charge in [0.25, 0.3) is 17.7 Å². The molecule has 1 atom stereocenters. The van der Waals surface area contributed by atoms with E-state index in [1.165, 1.54) is 12.1 Å². The SMILES string of the molecule is CC(C)C[C@@H](NC(=O)c1ccc(Cl)cc1)C(=O)NNC(=O)c1ccc(F)cc1. The molecule has 28 heavy (non-hydrogen) atoms. The van der Waals surface area contributed by atoms with Crippen molar-refractivity contribution in [2.45, 2.75) is 26.3 Å². The Morgan fingerprint density at radius 3 is 2.00 bits per heavy atom. The van der Waals surface area contributed by atoms with Gasteiger partial charge in [0.1, 0.15) is 11.9 Å². The number of amides is 3. The van der Waals surface area contributed by atoms with E-state index >= 15 is 0 Å². The average molecular weight is 406 g/mol. The lowest BCUT2D eigenvalue weighted by Crippen LogP contribution is -2.52. The Morgan fingerprint density at radius 2 is 1.43 bits per heavy atom. The van der Waals surface area contributed by atoms with Crippen molar-refractivity contribution in [3.63, 3.8) is 0 Å². The Kier molecular flexibility index (Phi) is 7.52. The van der Waals surface area contributed by atoms with E-state index in [4.69, 9.17) is 11.6 Å². The van der Waals surface area contributed by atoms with Gasteiger partial charge >= 0.3 is 0 Å². The Bertz CT molecular complexity index is 839. The van der Waals surface area contributed by atoms with Crippen LogP contribution in [-0.4, -0.2) is 23.8 Å². The predicted molar refractivity (Wildman–Crippen MR) is 104 cm³/mol. The lowest BCUT2D eigenvalue weighted by atomic mass is 10.0. The van der Waals surface area contributed by atoms with E-state index in [1.807, 2.05) is 13.8 Å². The monoisotopic (exact) mass is 405 g/mol. The maximum absolute atomic E-state index is 12.9. The number of carbonyl (C=O) groups is 3. The Balaban J connectivity index is 1.99. The third-order valence-electron chi connectivity index (χ3n) is 3.84. The number of rotatable bonds is 6. The highest BCUT2D eigenvalue weighted by Gasteiger charge is 2.23. The lowest BCUT2D eigenvalue weighted by molar-refractivity contribution is -0.124. The summed E-state index contributed by atoms with van der Waals surface area (Å²) in [6.07, 6.45) is 0.373. The summed E-state index contributed by atoms with van der Waals surface area (Å²) in [4.78, 5) is 36.9. The third kappa shape index (κ3) is 6.35. The molecule has 0 fully saturated rings. The first-order valence-corrected chi connectivity index (χ1v) is 9.06. The zero-order chi connectivity index (χ0) is 20.7. The van der Waals surface area contributed by atoms with Crippen LogP contribution in [0.3, 0.4) is 0 Å². The van der Waals surface area contributed by atoms with Gasteiger partial charge in [-0.05, 0) is 60.9 Å². The van der Waals surface area contributed by atoms with Gasteiger partial charge < -0.3 is 5.32 Å². The standard InChI is InChI=1S/C20H21ClFN3O3/c1-12(2)11-17(23-18(26)13-3-7-15(21)8-4-13)20(28)25-24-19(27)14-5-9-16(22)10-6-14/h3-10,12,17H,11H2,1-2H3,(H,23,26)(H,24,27)(H,25,28)/t17-/m1/s1. The molecule has 3 amide bonds. The molecule has 0 saturated heterocycles. The van der Waals surface area contributed by atoms with Gasteiger partial charge in [-0.3, -0.25) is 25.2 Å². The summed E-state index contributed by atoms with van der Waals surface area (Å²) < 4.78 is 12.9. The van der Waals surface area contributed by atoms with Crippen LogP contribution < -0.4 is 16.2 Å². The summed E-state index contributed by atoms with van der Waals surface area (Å²) in [5.41, 5.74) is 5.11. The third-order valence-corrected chi connectivity index (χ3v) is 4.09. The number of benzene rings is 2. The first kappa shape index (κ1) is 21.4. The van der Waals surface area contributed by atoms with E-state index in [2.05, 4.69) is 16.2 Å². The predicted octanol–water partition coefficient (Wildman–Crippen LogP) is 3.08. The molecule has 0 saturated carbocycles. The highest BCUT2D eigenvalue weighted by molar-refractivity contribution is 6.30. The van der Waals surface area contributed by atoms with Gasteiger partial charge in [-0.15, -0.1) is 0 Å². The van der Waals surface area contributed by atoms with Crippen LogP contribution in [0, 0.1) is 11.7 Å². The molecular weight excluding hydrogens is 385 g/mol. The molecule has 3 N–H and O–H groups in total. The average Bonchev–Trinajstić information content (AvgIpc) is 2.66. The van der Waals surface area contributed by atoms with E-state index < -0.39 is 29.6 Å². The van der Waals surface area contributed by atoms with Crippen LogP contribution in [0.5, 0.6) is 0 Å². The lowest BCUT2D eigenvalue weighted by Gasteiger charge is -2.20. The van der Waals surface area contributed by atoms with Crippen molar-refractivity contribution in [1.29, 1.82) is 0 Å². The molecule has 0 aromatic heterocycles. The molecule has 0 radical (unpaired) electrons. The Hall–Kier alpha value is -2.93. The van der Waals surface area contributed by atoms with E-state index in [0.717, 1.165) is 12.1 Å². The Morgan fingerprint density at radius 1 is 0.893 bits per heavy atom. The summed E-state index contributed by atoms with van der Waals surface area (Å²) in [7, 11) is 0. The molecule has 0 spiro atoms. The van der Waals surface area contributed by atoms with Gasteiger partial charge in [-0.2, -0.15) is 0 Å². The minimum atomic E-state index is -0.850. The van der Waals surface area contributed by atoms with Crippen molar-refractivity contribution in [2.75, 3.05) is 0 Å². The van der Waals surface area contributed by atoms with E-state index in [9.17, 15) is 18.8 Å². The van der Waals surface area contributed by atoms with Gasteiger partial charge in [0.2, 0.25) is 0 Å². The minimum absolute atomic E-state index is 0.120. The van der Waals surface area contributed by atoms with Crippen LogP contribution in [0.2, 0.25) is 5.02 Å². The highest BCUT2D eigenvalue weighted by atomic mass is 35.5. The second kappa shape index (κ2) is 9.85. The fourth-order valence-corrected chi connectivity index (χ4v) is 2.55. The largest absolute Gasteiger partial charge is 0.340 e. The number of nitrogens with one attached hydrogen (secondary N) is 3.